The maximum atomic E-state index is 12.0. The van der Waals surface area contributed by atoms with E-state index in [1.807, 2.05) is 13.8 Å². The van der Waals surface area contributed by atoms with Crippen LogP contribution in [0.25, 0.3) is 0 Å². The second kappa shape index (κ2) is 8.76. The number of carboxylic acid groups (broad SMARTS) is 1. The summed E-state index contributed by atoms with van der Waals surface area (Å²) in [5, 5.41) is 24.6. The average Bonchev–Trinajstić information content (AvgIpc) is 2.51. The molecule has 0 radical (unpaired) electrons. The number of hydrogen-bond acceptors (Lipinski definition) is 5. The predicted octanol–water partition coefficient (Wildman–Crippen LogP) is 1.25. The van der Waals surface area contributed by atoms with Crippen molar-refractivity contribution < 1.29 is 24.4 Å². The van der Waals surface area contributed by atoms with Gasteiger partial charge in [0, 0.05) is 17.2 Å². The normalized spacial score (nSPS) is 11.7. The molecule has 1 aromatic rings. The Morgan fingerprint density at radius 3 is 2.44 bits per heavy atom. The van der Waals surface area contributed by atoms with Crippen molar-refractivity contribution in [1.82, 2.24) is 10.6 Å². The smallest absolute Gasteiger partial charge is 0.326 e. The van der Waals surface area contributed by atoms with Crippen LogP contribution in [0, 0.1) is 23.0 Å². The van der Waals surface area contributed by atoms with E-state index < -0.39 is 35.3 Å². The number of carbonyl (C=O) groups excluding carboxylic acids is 2. The molecule has 25 heavy (non-hydrogen) atoms. The zero-order valence-corrected chi connectivity index (χ0v) is 14.2. The van der Waals surface area contributed by atoms with E-state index >= 15 is 0 Å². The molecule has 0 aliphatic rings. The number of rotatable bonds is 8. The summed E-state index contributed by atoms with van der Waals surface area (Å²) in [5.41, 5.74) is 0.263. The van der Waals surface area contributed by atoms with Crippen molar-refractivity contribution in [2.24, 2.45) is 5.92 Å². The van der Waals surface area contributed by atoms with Crippen molar-refractivity contribution in [3.05, 3.63) is 39.4 Å². The SMILES string of the molecule is Cc1ccc(C(=O)NCC(=O)N[C@@H](CC(C)C)C(=O)O)cc1[N+](=O)[O-]. The third kappa shape index (κ3) is 6.21. The maximum Gasteiger partial charge on any atom is 0.326 e. The first kappa shape index (κ1) is 20.1. The van der Waals surface area contributed by atoms with Crippen LogP contribution in [0.5, 0.6) is 0 Å². The second-order valence-corrected chi connectivity index (χ2v) is 6.03. The summed E-state index contributed by atoms with van der Waals surface area (Å²) < 4.78 is 0. The molecule has 1 rings (SSSR count). The van der Waals surface area contributed by atoms with Gasteiger partial charge in [-0.05, 0) is 25.3 Å². The number of hydrogen-bond donors (Lipinski definition) is 3. The van der Waals surface area contributed by atoms with Gasteiger partial charge >= 0.3 is 5.97 Å². The van der Waals surface area contributed by atoms with Crippen molar-refractivity contribution in [1.29, 1.82) is 0 Å². The highest BCUT2D eigenvalue weighted by molar-refractivity contribution is 5.97. The summed E-state index contributed by atoms with van der Waals surface area (Å²) in [7, 11) is 0. The van der Waals surface area contributed by atoms with Crippen LogP contribution in [0.3, 0.4) is 0 Å². The van der Waals surface area contributed by atoms with Gasteiger partial charge in [0.25, 0.3) is 11.6 Å². The lowest BCUT2D eigenvalue weighted by Crippen LogP contribution is -2.46. The molecular formula is C16H21N3O6. The van der Waals surface area contributed by atoms with Crippen LogP contribution in [0.1, 0.15) is 36.2 Å². The van der Waals surface area contributed by atoms with Crippen LogP contribution < -0.4 is 10.6 Å². The van der Waals surface area contributed by atoms with Gasteiger partial charge in [-0.25, -0.2) is 4.79 Å². The molecule has 0 spiro atoms. The van der Waals surface area contributed by atoms with Crippen molar-refractivity contribution >= 4 is 23.5 Å². The minimum atomic E-state index is -1.15. The van der Waals surface area contributed by atoms with Gasteiger partial charge in [-0.2, -0.15) is 0 Å². The summed E-state index contributed by atoms with van der Waals surface area (Å²) in [6.07, 6.45) is 0.263. The Labute approximate surface area is 144 Å². The number of amides is 2. The number of nitro groups is 1. The third-order valence-electron chi connectivity index (χ3n) is 3.42. The molecule has 9 heteroatoms. The topological polar surface area (TPSA) is 139 Å². The van der Waals surface area contributed by atoms with E-state index in [9.17, 15) is 24.5 Å². The first-order valence-corrected chi connectivity index (χ1v) is 7.67. The highest BCUT2D eigenvalue weighted by Gasteiger charge is 2.21. The molecule has 0 aliphatic carbocycles. The van der Waals surface area contributed by atoms with Gasteiger partial charge in [0.15, 0.2) is 0 Å². The molecule has 9 nitrogen and oxygen atoms in total. The summed E-state index contributed by atoms with van der Waals surface area (Å²) in [4.78, 5) is 45.2. The number of carbonyl (C=O) groups is 3. The molecule has 2 amide bonds. The number of nitrogens with zero attached hydrogens (tertiary/aromatic N) is 1. The zero-order chi connectivity index (χ0) is 19.1. The monoisotopic (exact) mass is 351 g/mol. The van der Waals surface area contributed by atoms with E-state index in [0.29, 0.717) is 5.56 Å². The van der Waals surface area contributed by atoms with Crippen molar-refractivity contribution in [2.45, 2.75) is 33.2 Å². The molecule has 0 fully saturated rings. The first-order chi connectivity index (χ1) is 11.6. The van der Waals surface area contributed by atoms with E-state index in [1.165, 1.54) is 12.1 Å². The Bertz CT molecular complexity index is 686. The fourth-order valence-electron chi connectivity index (χ4n) is 2.15. The molecule has 0 unspecified atom stereocenters. The molecule has 0 saturated heterocycles. The number of aryl methyl sites for hydroxylation is 1. The van der Waals surface area contributed by atoms with Crippen LogP contribution in [0.4, 0.5) is 5.69 Å². The zero-order valence-electron chi connectivity index (χ0n) is 14.2. The van der Waals surface area contributed by atoms with Crippen LogP contribution in [0.2, 0.25) is 0 Å². The van der Waals surface area contributed by atoms with Gasteiger partial charge in [-0.15, -0.1) is 0 Å². The molecular weight excluding hydrogens is 330 g/mol. The molecule has 0 aliphatic heterocycles. The molecule has 136 valence electrons. The Morgan fingerprint density at radius 2 is 1.92 bits per heavy atom. The molecule has 0 aromatic heterocycles. The molecule has 0 saturated carbocycles. The lowest BCUT2D eigenvalue weighted by Gasteiger charge is -2.16. The second-order valence-electron chi connectivity index (χ2n) is 6.03. The van der Waals surface area contributed by atoms with Gasteiger partial charge in [0.05, 0.1) is 11.5 Å². The lowest BCUT2D eigenvalue weighted by molar-refractivity contribution is -0.385. The van der Waals surface area contributed by atoms with Crippen LogP contribution in [-0.4, -0.2) is 40.4 Å². The molecule has 0 bridgehead atoms. The summed E-state index contributed by atoms with van der Waals surface area (Å²) in [6, 6.07) is 2.94. The predicted molar refractivity (Wildman–Crippen MR) is 89.2 cm³/mol. The van der Waals surface area contributed by atoms with Gasteiger partial charge in [0.2, 0.25) is 5.91 Å². The summed E-state index contributed by atoms with van der Waals surface area (Å²) in [6.45, 7) is 4.78. The van der Waals surface area contributed by atoms with Crippen molar-refractivity contribution in [3.8, 4) is 0 Å². The van der Waals surface area contributed by atoms with Crippen molar-refractivity contribution in [3.63, 3.8) is 0 Å². The molecule has 0 heterocycles. The van der Waals surface area contributed by atoms with Crippen molar-refractivity contribution in [2.75, 3.05) is 6.54 Å². The van der Waals surface area contributed by atoms with E-state index in [2.05, 4.69) is 10.6 Å². The lowest BCUT2D eigenvalue weighted by atomic mass is 10.0. The Kier molecular flexibility index (Phi) is 7.04. The minimum absolute atomic E-state index is 0.0436. The highest BCUT2D eigenvalue weighted by atomic mass is 16.6. The van der Waals surface area contributed by atoms with Crippen LogP contribution >= 0.6 is 0 Å². The standard InChI is InChI=1S/C16H21N3O6/c1-9(2)6-12(16(22)23)18-14(20)8-17-15(21)11-5-4-10(3)13(7-11)19(24)25/h4-5,7,9,12H,6,8H2,1-3H3,(H,17,21)(H,18,20)(H,22,23)/t12-/m0/s1. The van der Waals surface area contributed by atoms with E-state index in [-0.39, 0.29) is 23.6 Å². The van der Waals surface area contributed by atoms with Gasteiger partial charge < -0.3 is 15.7 Å². The Morgan fingerprint density at radius 1 is 1.28 bits per heavy atom. The fourth-order valence-corrected chi connectivity index (χ4v) is 2.15. The molecule has 1 atom stereocenters. The minimum Gasteiger partial charge on any atom is -0.480 e. The fraction of sp³-hybridized carbons (Fsp3) is 0.438. The van der Waals surface area contributed by atoms with E-state index in [4.69, 9.17) is 5.11 Å². The van der Waals surface area contributed by atoms with E-state index in [0.717, 1.165) is 6.07 Å². The summed E-state index contributed by atoms with van der Waals surface area (Å²) in [5.74, 6) is -2.39. The quantitative estimate of drug-likeness (QED) is 0.476. The number of benzene rings is 1. The molecule has 3 N–H and O–H groups in total. The Hall–Kier alpha value is -2.97. The largest absolute Gasteiger partial charge is 0.480 e. The van der Waals surface area contributed by atoms with E-state index in [1.54, 1.807) is 6.92 Å². The van der Waals surface area contributed by atoms with Crippen LogP contribution in [0.15, 0.2) is 18.2 Å². The van der Waals surface area contributed by atoms with Gasteiger partial charge in [0.1, 0.15) is 6.04 Å². The Balaban J connectivity index is 2.66. The van der Waals surface area contributed by atoms with Crippen LogP contribution in [-0.2, 0) is 9.59 Å². The third-order valence-corrected chi connectivity index (χ3v) is 3.42. The number of aliphatic carboxylic acids is 1. The van der Waals surface area contributed by atoms with Gasteiger partial charge in [-0.3, -0.25) is 19.7 Å². The first-order valence-electron chi connectivity index (χ1n) is 7.67. The number of nitrogens with one attached hydrogen (secondary N) is 2. The highest BCUT2D eigenvalue weighted by Crippen LogP contribution is 2.19. The summed E-state index contributed by atoms with van der Waals surface area (Å²) >= 11 is 0. The number of nitro benzene ring substituents is 1. The number of carboxylic acids is 1. The average molecular weight is 351 g/mol. The molecule has 1 aromatic carbocycles. The van der Waals surface area contributed by atoms with Gasteiger partial charge in [-0.1, -0.05) is 19.9 Å². The maximum absolute atomic E-state index is 12.0.